The fourth-order valence-corrected chi connectivity index (χ4v) is 14.3. The second kappa shape index (κ2) is 10.2. The molecule has 8 rings (SSSR count). The second-order valence-electron chi connectivity index (χ2n) is 19.0. The Morgan fingerprint density at radius 1 is 0.854 bits per heavy atom. The molecule has 272 valence electrons. The van der Waals surface area contributed by atoms with E-state index in [2.05, 4.69) is 34.6 Å². The van der Waals surface area contributed by atoms with Gasteiger partial charge in [0.15, 0.2) is 6.29 Å². The summed E-state index contributed by atoms with van der Waals surface area (Å²) in [6, 6.07) is 0. The van der Waals surface area contributed by atoms with Gasteiger partial charge in [-0.2, -0.15) is 0 Å². The maximum absolute atomic E-state index is 12.9. The summed E-state index contributed by atoms with van der Waals surface area (Å²) in [5.74, 6) is -1.56. The lowest BCUT2D eigenvalue weighted by Crippen LogP contribution is -2.66. The summed E-state index contributed by atoms with van der Waals surface area (Å²) in [7, 11) is 0. The van der Waals surface area contributed by atoms with Crippen LogP contribution in [0.5, 0.6) is 0 Å². The Kier molecular flexibility index (Phi) is 7.24. The van der Waals surface area contributed by atoms with Gasteiger partial charge in [-0.3, -0.25) is 4.79 Å². The Morgan fingerprint density at radius 2 is 1.54 bits per heavy atom. The van der Waals surface area contributed by atoms with Crippen molar-refractivity contribution < 1.29 is 54.0 Å². The lowest BCUT2D eigenvalue weighted by atomic mass is 9.41. The highest BCUT2D eigenvalue weighted by atomic mass is 16.7. The third kappa shape index (κ3) is 3.95. The minimum Gasteiger partial charge on any atom is -0.462 e. The lowest BCUT2D eigenvalue weighted by Gasteiger charge is -2.65. The molecule has 0 aromatic rings. The van der Waals surface area contributed by atoms with Crippen LogP contribution < -0.4 is 0 Å². The first-order valence-corrected chi connectivity index (χ1v) is 18.5. The number of carbonyl (C=O) groups is 1. The SMILES string of the molecule is CC(=O)O[C@@H]1C[C@@]23C[C@@]24CC[C@H](O[C@@H]2OC[C@H](O)[C@H](O)[C@H]2O)C(C)(C)[C@@H]4CC[C@@H]3[C@]2(C)C[C@@H]3O[C@@]4(O)[C@H](OC(C)(C)[C@H]4O)[C@@H](C)[C@@H]3[C@@]12C. The van der Waals surface area contributed by atoms with Crippen molar-refractivity contribution in [2.45, 2.75) is 167 Å². The molecule has 11 heteroatoms. The van der Waals surface area contributed by atoms with Crippen molar-refractivity contribution in [1.29, 1.82) is 0 Å². The van der Waals surface area contributed by atoms with Gasteiger partial charge in [-0.15, -0.1) is 0 Å². The monoisotopic (exact) mass is 678 g/mol. The Balaban J connectivity index is 1.12. The Bertz CT molecular complexity index is 1350. The minimum absolute atomic E-state index is 0.0187. The molecule has 0 unspecified atom stereocenters. The summed E-state index contributed by atoms with van der Waals surface area (Å²) in [5.41, 5.74) is -1.87. The van der Waals surface area contributed by atoms with E-state index in [0.29, 0.717) is 18.3 Å². The van der Waals surface area contributed by atoms with Crippen molar-refractivity contribution >= 4 is 5.97 Å². The van der Waals surface area contributed by atoms with Crippen LogP contribution in [0.25, 0.3) is 0 Å². The average Bonchev–Trinajstić information content (AvgIpc) is 3.52. The molecule has 11 nitrogen and oxygen atoms in total. The van der Waals surface area contributed by atoms with Gasteiger partial charge in [0.1, 0.15) is 36.6 Å². The molecule has 0 aromatic carbocycles. The van der Waals surface area contributed by atoms with E-state index >= 15 is 0 Å². The van der Waals surface area contributed by atoms with Crippen molar-refractivity contribution in [3.05, 3.63) is 0 Å². The molecule has 0 aromatic heterocycles. The summed E-state index contributed by atoms with van der Waals surface area (Å²) in [4.78, 5) is 12.9. The van der Waals surface area contributed by atoms with Crippen LogP contribution in [0.4, 0.5) is 0 Å². The summed E-state index contributed by atoms with van der Waals surface area (Å²) in [6.45, 7) is 16.3. The van der Waals surface area contributed by atoms with Crippen molar-refractivity contribution in [2.24, 2.45) is 50.7 Å². The topological polar surface area (TPSA) is 164 Å². The number of aliphatic hydroxyl groups is 5. The standard InChI is InChI=1S/C37H58O11/c1-17-25-20(47-37(43)28(17)48-32(5,6)30(37)42)13-33(7)22-10-9-21-31(3,4)23(46-29-27(41)26(40)19(39)15-44-29)11-12-35(21)16-36(22,35)14-24(34(25,33)8)45-18(2)38/h17,19-30,39-43H,9-16H2,1-8H3/t17-,19-,20-,21-,22+,23-,24+,25-,26-,27+,28+,29-,30+,33-,34+,35+,36-,37-/m0/s1. The molecule has 8 aliphatic rings. The fourth-order valence-electron chi connectivity index (χ4n) is 14.3. The third-order valence-corrected chi connectivity index (χ3v) is 16.4. The molecule has 3 heterocycles. The molecule has 8 fully saturated rings. The lowest BCUT2D eigenvalue weighted by molar-refractivity contribution is -0.330. The van der Waals surface area contributed by atoms with Gasteiger partial charge in [-0.05, 0) is 104 Å². The van der Waals surface area contributed by atoms with E-state index in [1.54, 1.807) is 13.8 Å². The van der Waals surface area contributed by atoms with Crippen molar-refractivity contribution in [3.8, 4) is 0 Å². The maximum Gasteiger partial charge on any atom is 0.302 e. The fraction of sp³-hybridized carbons (Fsp3) is 0.973. The van der Waals surface area contributed by atoms with Crippen molar-refractivity contribution in [3.63, 3.8) is 0 Å². The van der Waals surface area contributed by atoms with Crippen LogP contribution in [0.15, 0.2) is 0 Å². The first-order chi connectivity index (χ1) is 22.2. The molecular formula is C37H58O11. The smallest absolute Gasteiger partial charge is 0.302 e. The van der Waals surface area contributed by atoms with E-state index in [0.717, 1.165) is 38.5 Å². The molecule has 2 spiro atoms. The van der Waals surface area contributed by atoms with Crippen LogP contribution >= 0.6 is 0 Å². The summed E-state index contributed by atoms with van der Waals surface area (Å²) in [5, 5.41) is 54.1. The molecule has 5 N–H and O–H groups in total. The van der Waals surface area contributed by atoms with Crippen LogP contribution in [-0.2, 0) is 28.5 Å². The molecule has 3 saturated heterocycles. The van der Waals surface area contributed by atoms with E-state index in [1.807, 2.05) is 0 Å². The average molecular weight is 679 g/mol. The van der Waals surface area contributed by atoms with E-state index < -0.39 is 53.6 Å². The largest absolute Gasteiger partial charge is 0.462 e. The predicted octanol–water partition coefficient (Wildman–Crippen LogP) is 2.66. The Labute approximate surface area is 284 Å². The van der Waals surface area contributed by atoms with Gasteiger partial charge in [0, 0.05) is 12.3 Å². The number of hydrogen-bond acceptors (Lipinski definition) is 11. The number of rotatable bonds is 3. The molecule has 0 amide bonds. The number of hydrogen-bond donors (Lipinski definition) is 5. The van der Waals surface area contributed by atoms with Gasteiger partial charge in [0.2, 0.25) is 5.79 Å². The van der Waals surface area contributed by atoms with Crippen LogP contribution in [-0.4, -0.2) is 105 Å². The van der Waals surface area contributed by atoms with E-state index in [9.17, 15) is 30.3 Å². The molecule has 3 aliphatic heterocycles. The summed E-state index contributed by atoms with van der Waals surface area (Å²) in [6.07, 6.45) is -1.19. The molecule has 5 saturated carbocycles. The van der Waals surface area contributed by atoms with Crippen molar-refractivity contribution in [2.75, 3.05) is 6.61 Å². The number of esters is 1. The van der Waals surface area contributed by atoms with E-state index in [4.69, 9.17) is 23.7 Å². The molecule has 48 heavy (non-hydrogen) atoms. The van der Waals surface area contributed by atoms with Gasteiger partial charge >= 0.3 is 5.97 Å². The van der Waals surface area contributed by atoms with Crippen LogP contribution in [0, 0.1) is 50.7 Å². The predicted molar refractivity (Wildman–Crippen MR) is 170 cm³/mol. The van der Waals surface area contributed by atoms with Crippen LogP contribution in [0.3, 0.4) is 0 Å². The number of fused-ring (bicyclic) bond motifs is 5. The quantitative estimate of drug-likeness (QED) is 0.220. The molecule has 0 bridgehead atoms. The van der Waals surface area contributed by atoms with Gasteiger partial charge in [0.25, 0.3) is 0 Å². The highest BCUT2D eigenvalue weighted by molar-refractivity contribution is 5.66. The van der Waals surface area contributed by atoms with Crippen molar-refractivity contribution in [1.82, 2.24) is 0 Å². The Morgan fingerprint density at radius 3 is 2.23 bits per heavy atom. The third-order valence-electron chi connectivity index (χ3n) is 16.4. The van der Waals surface area contributed by atoms with E-state index in [1.165, 1.54) is 6.92 Å². The summed E-state index contributed by atoms with van der Waals surface area (Å²) >= 11 is 0. The Hall–Kier alpha value is -0.890. The van der Waals surface area contributed by atoms with Gasteiger partial charge in [-0.25, -0.2) is 0 Å². The molecular weight excluding hydrogens is 620 g/mol. The van der Waals surface area contributed by atoms with E-state index in [-0.39, 0.29) is 64.4 Å². The zero-order valence-corrected chi connectivity index (χ0v) is 29.8. The first kappa shape index (κ1) is 34.2. The zero-order valence-electron chi connectivity index (χ0n) is 29.8. The summed E-state index contributed by atoms with van der Waals surface area (Å²) < 4.78 is 31.6. The highest BCUT2D eigenvalue weighted by Crippen LogP contribution is 2.89. The van der Waals surface area contributed by atoms with Crippen LogP contribution in [0.2, 0.25) is 0 Å². The number of aliphatic hydroxyl groups excluding tert-OH is 4. The number of carbonyl (C=O) groups excluding carboxylic acids is 1. The van der Waals surface area contributed by atoms with Gasteiger partial charge in [-0.1, -0.05) is 34.6 Å². The zero-order chi connectivity index (χ0) is 34.8. The minimum atomic E-state index is -1.80. The normalized spacial score (nSPS) is 60.4. The molecule has 5 aliphatic carbocycles. The van der Waals surface area contributed by atoms with Gasteiger partial charge < -0.3 is 49.2 Å². The highest BCUT2D eigenvalue weighted by Gasteiger charge is 2.86. The van der Waals surface area contributed by atoms with Crippen LogP contribution in [0.1, 0.15) is 100 Å². The molecule has 0 radical (unpaired) electrons. The molecule has 18 atom stereocenters. The number of ether oxygens (including phenoxy) is 5. The van der Waals surface area contributed by atoms with Gasteiger partial charge in [0.05, 0.1) is 24.4 Å². The first-order valence-electron chi connectivity index (χ1n) is 18.5. The second-order valence-corrected chi connectivity index (χ2v) is 19.0. The maximum atomic E-state index is 12.9.